The van der Waals surface area contributed by atoms with Crippen molar-refractivity contribution in [2.24, 2.45) is 5.92 Å². The van der Waals surface area contributed by atoms with Crippen LogP contribution in [-0.2, 0) is 19.1 Å². The molecule has 0 bridgehead atoms. The van der Waals surface area contributed by atoms with Gasteiger partial charge in [0.2, 0.25) is 11.6 Å². The highest BCUT2D eigenvalue weighted by molar-refractivity contribution is 6.15. The standard InChI is InChI=1S/C21H27N3O5/c1-4-11-22-17(25)13-29-20(28)21-10-9-18(26)24(21)16-8-6-5-7-15(16)19(27)23(21)12-14(2)3/h5-8,14H,4,9-13H2,1-3H3,(H,22,25)/t21-/m1/s1. The monoisotopic (exact) mass is 401 g/mol. The zero-order valence-electron chi connectivity index (χ0n) is 17.1. The van der Waals surface area contributed by atoms with Crippen molar-refractivity contribution in [3.05, 3.63) is 29.8 Å². The summed E-state index contributed by atoms with van der Waals surface area (Å²) in [6, 6.07) is 6.78. The van der Waals surface area contributed by atoms with Gasteiger partial charge in [-0.25, -0.2) is 4.79 Å². The van der Waals surface area contributed by atoms with Crippen LogP contribution in [0.15, 0.2) is 24.3 Å². The van der Waals surface area contributed by atoms with Crippen molar-refractivity contribution in [3.63, 3.8) is 0 Å². The van der Waals surface area contributed by atoms with Crippen molar-refractivity contribution in [3.8, 4) is 0 Å². The minimum Gasteiger partial charge on any atom is -0.452 e. The van der Waals surface area contributed by atoms with Gasteiger partial charge in [0, 0.05) is 25.9 Å². The molecule has 3 rings (SSSR count). The predicted octanol–water partition coefficient (Wildman–Crippen LogP) is 1.69. The Morgan fingerprint density at radius 3 is 2.66 bits per heavy atom. The Morgan fingerprint density at radius 2 is 1.97 bits per heavy atom. The fourth-order valence-corrected chi connectivity index (χ4v) is 3.93. The van der Waals surface area contributed by atoms with Crippen LogP contribution in [0.1, 0.15) is 50.4 Å². The predicted molar refractivity (Wildman–Crippen MR) is 106 cm³/mol. The maximum atomic E-state index is 13.3. The van der Waals surface area contributed by atoms with Gasteiger partial charge in [-0.3, -0.25) is 19.3 Å². The number of carbonyl (C=O) groups excluding carboxylic acids is 4. The maximum absolute atomic E-state index is 13.3. The Hall–Kier alpha value is -2.90. The highest BCUT2D eigenvalue weighted by Crippen LogP contribution is 2.45. The number of carbonyl (C=O) groups is 4. The SMILES string of the molecule is CCCNC(=O)COC(=O)[C@@]12CCC(=O)N1c1ccccc1C(=O)N2CC(C)C. The third-order valence-corrected chi connectivity index (χ3v) is 5.15. The summed E-state index contributed by atoms with van der Waals surface area (Å²) >= 11 is 0. The third-order valence-electron chi connectivity index (χ3n) is 5.15. The first-order chi connectivity index (χ1) is 13.8. The Labute approximate surface area is 170 Å². The van der Waals surface area contributed by atoms with Gasteiger partial charge in [-0.1, -0.05) is 32.9 Å². The maximum Gasteiger partial charge on any atom is 0.354 e. The van der Waals surface area contributed by atoms with Gasteiger partial charge in [0.15, 0.2) is 6.61 Å². The fraction of sp³-hybridized carbons (Fsp3) is 0.524. The average molecular weight is 401 g/mol. The highest BCUT2D eigenvalue weighted by Gasteiger charge is 2.62. The number of amides is 3. The van der Waals surface area contributed by atoms with Crippen LogP contribution < -0.4 is 10.2 Å². The minimum atomic E-state index is -1.56. The molecule has 1 fully saturated rings. The first-order valence-electron chi connectivity index (χ1n) is 10.0. The van der Waals surface area contributed by atoms with E-state index in [0.717, 1.165) is 6.42 Å². The molecule has 1 atom stereocenters. The number of benzene rings is 1. The van der Waals surface area contributed by atoms with E-state index in [-0.39, 0.29) is 37.1 Å². The molecule has 8 heteroatoms. The summed E-state index contributed by atoms with van der Waals surface area (Å²) in [4.78, 5) is 54.1. The minimum absolute atomic E-state index is 0.0688. The topological polar surface area (TPSA) is 96.0 Å². The molecular formula is C21H27N3O5. The van der Waals surface area contributed by atoms with Gasteiger partial charge in [0.1, 0.15) is 0 Å². The largest absolute Gasteiger partial charge is 0.452 e. The number of hydrogen-bond acceptors (Lipinski definition) is 5. The number of para-hydroxylation sites is 1. The molecule has 1 N–H and O–H groups in total. The smallest absolute Gasteiger partial charge is 0.354 e. The first-order valence-corrected chi connectivity index (χ1v) is 10.0. The highest BCUT2D eigenvalue weighted by atomic mass is 16.5. The van der Waals surface area contributed by atoms with Crippen molar-refractivity contribution < 1.29 is 23.9 Å². The van der Waals surface area contributed by atoms with Crippen molar-refractivity contribution in [2.75, 3.05) is 24.6 Å². The van der Waals surface area contributed by atoms with Gasteiger partial charge < -0.3 is 15.0 Å². The molecule has 1 aromatic carbocycles. The number of nitrogens with one attached hydrogen (secondary N) is 1. The summed E-state index contributed by atoms with van der Waals surface area (Å²) in [5.41, 5.74) is -0.766. The number of hydrogen-bond donors (Lipinski definition) is 1. The number of ether oxygens (including phenoxy) is 1. The summed E-state index contributed by atoms with van der Waals surface area (Å²) in [7, 11) is 0. The van der Waals surface area contributed by atoms with Gasteiger partial charge >= 0.3 is 5.97 Å². The van der Waals surface area contributed by atoms with Crippen molar-refractivity contribution >= 4 is 29.4 Å². The molecule has 2 aliphatic heterocycles. The second-order valence-corrected chi connectivity index (χ2v) is 7.80. The van der Waals surface area contributed by atoms with Crippen LogP contribution in [-0.4, -0.2) is 54.0 Å². The fourth-order valence-electron chi connectivity index (χ4n) is 3.93. The van der Waals surface area contributed by atoms with Gasteiger partial charge in [0.05, 0.1) is 11.3 Å². The lowest BCUT2D eigenvalue weighted by molar-refractivity contribution is -0.160. The zero-order chi connectivity index (χ0) is 21.2. The van der Waals surface area contributed by atoms with Crippen LogP contribution in [0.3, 0.4) is 0 Å². The lowest BCUT2D eigenvalue weighted by Gasteiger charge is -2.48. The zero-order valence-corrected chi connectivity index (χ0v) is 17.1. The van der Waals surface area contributed by atoms with E-state index in [1.165, 1.54) is 9.80 Å². The second kappa shape index (κ2) is 8.23. The molecule has 3 amide bonds. The average Bonchev–Trinajstić information content (AvgIpc) is 3.06. The van der Waals surface area contributed by atoms with Crippen molar-refractivity contribution in [1.82, 2.24) is 10.2 Å². The Morgan fingerprint density at radius 1 is 1.24 bits per heavy atom. The molecule has 0 aromatic heterocycles. The van der Waals surface area contributed by atoms with E-state index in [9.17, 15) is 19.2 Å². The van der Waals surface area contributed by atoms with Crippen LogP contribution >= 0.6 is 0 Å². The van der Waals surface area contributed by atoms with Gasteiger partial charge in [-0.15, -0.1) is 0 Å². The van der Waals surface area contributed by atoms with Crippen LogP contribution in [0, 0.1) is 5.92 Å². The lowest BCUT2D eigenvalue weighted by atomic mass is 9.95. The van der Waals surface area contributed by atoms with E-state index in [1.54, 1.807) is 24.3 Å². The number of anilines is 1. The second-order valence-electron chi connectivity index (χ2n) is 7.80. The molecular weight excluding hydrogens is 374 g/mol. The number of nitrogens with zero attached hydrogens (tertiary/aromatic N) is 2. The van der Waals surface area contributed by atoms with Gasteiger partial charge in [-0.05, 0) is 24.5 Å². The van der Waals surface area contributed by atoms with Crippen LogP contribution in [0.5, 0.6) is 0 Å². The molecule has 8 nitrogen and oxygen atoms in total. The normalized spacial score (nSPS) is 20.6. The van der Waals surface area contributed by atoms with E-state index in [1.807, 2.05) is 20.8 Å². The molecule has 1 aromatic rings. The van der Waals surface area contributed by atoms with Crippen LogP contribution in [0.25, 0.3) is 0 Å². The summed E-state index contributed by atoms with van der Waals surface area (Å²) in [6.45, 7) is 6.11. The summed E-state index contributed by atoms with van der Waals surface area (Å²) in [5.74, 6) is -1.65. The van der Waals surface area contributed by atoms with Crippen molar-refractivity contribution in [2.45, 2.75) is 45.7 Å². The third kappa shape index (κ3) is 3.59. The van der Waals surface area contributed by atoms with E-state index >= 15 is 0 Å². The van der Waals surface area contributed by atoms with E-state index in [4.69, 9.17) is 4.74 Å². The number of fused-ring (bicyclic) bond motifs is 3. The Balaban J connectivity index is 1.99. The van der Waals surface area contributed by atoms with Crippen LogP contribution in [0.2, 0.25) is 0 Å². The molecule has 0 spiro atoms. The molecule has 156 valence electrons. The molecule has 0 unspecified atom stereocenters. The molecule has 0 saturated carbocycles. The van der Waals surface area contributed by atoms with Crippen LogP contribution in [0.4, 0.5) is 5.69 Å². The lowest BCUT2D eigenvalue weighted by Crippen LogP contribution is -2.69. The summed E-state index contributed by atoms with van der Waals surface area (Å²) in [6.07, 6.45) is 1.01. The number of esters is 1. The van der Waals surface area contributed by atoms with E-state index in [2.05, 4.69) is 5.32 Å². The summed E-state index contributed by atoms with van der Waals surface area (Å²) < 4.78 is 5.33. The Kier molecular flexibility index (Phi) is 5.91. The first kappa shape index (κ1) is 20.8. The molecule has 29 heavy (non-hydrogen) atoms. The summed E-state index contributed by atoms with van der Waals surface area (Å²) in [5, 5.41) is 2.65. The van der Waals surface area contributed by atoms with E-state index in [0.29, 0.717) is 17.8 Å². The van der Waals surface area contributed by atoms with Gasteiger partial charge in [-0.2, -0.15) is 0 Å². The molecule has 2 aliphatic rings. The van der Waals surface area contributed by atoms with Gasteiger partial charge in [0.25, 0.3) is 11.8 Å². The van der Waals surface area contributed by atoms with Crippen molar-refractivity contribution in [1.29, 1.82) is 0 Å². The van der Waals surface area contributed by atoms with E-state index < -0.39 is 24.1 Å². The number of rotatable bonds is 7. The Bertz CT molecular complexity index is 837. The molecule has 1 saturated heterocycles. The molecule has 2 heterocycles. The molecule has 0 radical (unpaired) electrons. The quantitative estimate of drug-likeness (QED) is 0.702. The molecule has 0 aliphatic carbocycles.